The van der Waals surface area contributed by atoms with Gasteiger partial charge in [-0.25, -0.2) is 5.10 Å². The average Bonchev–Trinajstić information content (AvgIpc) is 3.14. The Morgan fingerprint density at radius 2 is 1.94 bits per heavy atom. The molecule has 2 N–H and O–H groups in total. The van der Waals surface area contributed by atoms with Crippen LogP contribution in [0.5, 0.6) is 5.75 Å². The lowest BCUT2D eigenvalue weighted by molar-refractivity contribution is -0.116. The first-order valence-corrected chi connectivity index (χ1v) is 10.2. The van der Waals surface area contributed by atoms with Crippen molar-refractivity contribution in [3.05, 3.63) is 93.7 Å². The number of amides is 1. The summed E-state index contributed by atoms with van der Waals surface area (Å²) >= 11 is 0. The smallest absolute Gasteiger partial charge is 0.264 e. The van der Waals surface area contributed by atoms with Crippen LogP contribution in [0.25, 0.3) is 5.82 Å². The van der Waals surface area contributed by atoms with Gasteiger partial charge in [0.05, 0.1) is 11.4 Å². The average molecular weight is 428 g/mol. The Balaban J connectivity index is 1.55. The van der Waals surface area contributed by atoms with Crippen LogP contribution in [0.3, 0.4) is 0 Å². The molecule has 1 aliphatic heterocycles. The molecule has 0 saturated heterocycles. The Kier molecular flexibility index (Phi) is 4.98. The third kappa shape index (κ3) is 3.64. The van der Waals surface area contributed by atoms with Crippen LogP contribution in [0, 0.1) is 6.92 Å². The fraction of sp³-hybridized carbons (Fsp3) is 0.174. The van der Waals surface area contributed by atoms with Gasteiger partial charge in [-0.1, -0.05) is 24.3 Å². The second-order valence-electron chi connectivity index (χ2n) is 7.49. The van der Waals surface area contributed by atoms with Crippen LogP contribution in [0.4, 0.5) is 5.82 Å². The molecule has 0 fully saturated rings. The molecule has 3 aromatic heterocycles. The van der Waals surface area contributed by atoms with E-state index >= 15 is 0 Å². The molecule has 1 amide bonds. The van der Waals surface area contributed by atoms with Crippen LogP contribution < -0.4 is 15.6 Å². The maximum absolute atomic E-state index is 12.7. The third-order valence-corrected chi connectivity index (χ3v) is 5.38. The highest BCUT2D eigenvalue weighted by atomic mass is 16.5. The van der Waals surface area contributed by atoms with Crippen molar-refractivity contribution in [2.45, 2.75) is 25.9 Å². The Hall–Kier alpha value is -4.27. The molecular weight excluding hydrogens is 408 g/mol. The fourth-order valence-corrected chi connectivity index (χ4v) is 3.97. The summed E-state index contributed by atoms with van der Waals surface area (Å²) in [6.07, 6.45) is 1.99. The van der Waals surface area contributed by atoms with E-state index in [9.17, 15) is 9.59 Å². The van der Waals surface area contributed by atoms with Gasteiger partial charge in [0.15, 0.2) is 5.82 Å². The van der Waals surface area contributed by atoms with Gasteiger partial charge in [0.1, 0.15) is 18.2 Å². The van der Waals surface area contributed by atoms with Gasteiger partial charge in [0.25, 0.3) is 5.56 Å². The number of ether oxygens (including phenoxy) is 1. The fourth-order valence-electron chi connectivity index (χ4n) is 3.97. The summed E-state index contributed by atoms with van der Waals surface area (Å²) in [5.41, 5.74) is 3.06. The number of carbonyl (C=O) groups excluding carboxylic acids is 1. The second kappa shape index (κ2) is 8.10. The topological polar surface area (TPSA) is 115 Å². The number of benzene rings is 1. The highest BCUT2D eigenvalue weighted by molar-refractivity contribution is 5.95. The molecule has 32 heavy (non-hydrogen) atoms. The number of rotatable bonds is 5. The largest absolute Gasteiger partial charge is 0.487 e. The molecule has 0 saturated carbocycles. The molecule has 9 heteroatoms. The number of hydrogen-bond donors (Lipinski definition) is 2. The first-order valence-electron chi connectivity index (χ1n) is 10.2. The summed E-state index contributed by atoms with van der Waals surface area (Å²) in [5, 5.41) is 14.0. The molecule has 0 aliphatic carbocycles. The Labute approximate surface area is 183 Å². The van der Waals surface area contributed by atoms with Crippen LogP contribution >= 0.6 is 0 Å². The number of H-pyrrole nitrogens is 1. The summed E-state index contributed by atoms with van der Waals surface area (Å²) in [6, 6.07) is 16.3. The summed E-state index contributed by atoms with van der Waals surface area (Å²) in [5.74, 6) is 1.28. The zero-order chi connectivity index (χ0) is 22.1. The van der Waals surface area contributed by atoms with Crippen LogP contribution in [-0.4, -0.2) is 30.9 Å². The minimum absolute atomic E-state index is 0.132. The number of aromatic nitrogens is 5. The van der Waals surface area contributed by atoms with Gasteiger partial charge in [0.2, 0.25) is 5.91 Å². The van der Waals surface area contributed by atoms with E-state index in [0.717, 1.165) is 22.5 Å². The molecule has 0 spiro atoms. The van der Waals surface area contributed by atoms with Gasteiger partial charge < -0.3 is 10.1 Å². The number of fused-ring (bicyclic) bond motifs is 1. The number of nitrogens with zero attached hydrogens (tertiary/aromatic N) is 4. The maximum Gasteiger partial charge on any atom is 0.264 e. The summed E-state index contributed by atoms with van der Waals surface area (Å²) in [6.45, 7) is 2.21. The van der Waals surface area contributed by atoms with E-state index in [1.165, 1.54) is 6.07 Å². The van der Waals surface area contributed by atoms with Crippen LogP contribution in [0.1, 0.15) is 34.9 Å². The lowest BCUT2D eigenvalue weighted by Gasteiger charge is -2.25. The van der Waals surface area contributed by atoms with E-state index in [-0.39, 0.29) is 23.8 Å². The number of hydrogen-bond acceptors (Lipinski definition) is 6. The van der Waals surface area contributed by atoms with E-state index in [2.05, 4.69) is 25.6 Å². The standard InChI is InChI=1S/C23H20N6O3/c1-14-22-17(16-7-2-3-8-18(16)32-13-15-6-4-5-11-24-15)12-21(31)25-23(22)29(28-14)19-9-10-20(30)27-26-19/h2-11,17H,12-13H2,1H3,(H,25,31)(H,27,30)/t17-/m0/s1. The number of pyridine rings is 1. The summed E-state index contributed by atoms with van der Waals surface area (Å²) in [7, 11) is 0. The Morgan fingerprint density at radius 1 is 1.09 bits per heavy atom. The van der Waals surface area contributed by atoms with Crippen LogP contribution in [0.15, 0.2) is 65.6 Å². The minimum Gasteiger partial charge on any atom is -0.487 e. The van der Waals surface area contributed by atoms with Gasteiger partial charge in [0, 0.05) is 35.7 Å². The van der Waals surface area contributed by atoms with E-state index in [1.807, 2.05) is 49.4 Å². The predicted molar refractivity (Wildman–Crippen MR) is 117 cm³/mol. The molecule has 9 nitrogen and oxygen atoms in total. The molecule has 1 aliphatic rings. The molecule has 0 bridgehead atoms. The molecule has 4 aromatic rings. The monoisotopic (exact) mass is 428 g/mol. The molecule has 1 atom stereocenters. The predicted octanol–water partition coefficient (Wildman–Crippen LogP) is 2.71. The Bertz CT molecular complexity index is 1330. The van der Waals surface area contributed by atoms with Crippen LogP contribution in [-0.2, 0) is 11.4 Å². The van der Waals surface area contributed by atoms with Crippen molar-refractivity contribution in [3.63, 3.8) is 0 Å². The molecular formula is C23H20N6O3. The van der Waals surface area contributed by atoms with Gasteiger partial charge >= 0.3 is 0 Å². The zero-order valence-corrected chi connectivity index (χ0v) is 17.3. The molecule has 5 rings (SSSR count). The second-order valence-corrected chi connectivity index (χ2v) is 7.49. The van der Waals surface area contributed by atoms with Gasteiger partial charge in [-0.05, 0) is 31.2 Å². The number of aryl methyl sites for hydroxylation is 1. The molecule has 0 radical (unpaired) electrons. The third-order valence-electron chi connectivity index (χ3n) is 5.38. The van der Waals surface area contributed by atoms with Gasteiger partial charge in [-0.3, -0.25) is 14.6 Å². The Morgan fingerprint density at radius 3 is 2.72 bits per heavy atom. The van der Waals surface area contributed by atoms with E-state index in [4.69, 9.17) is 4.74 Å². The number of carbonyl (C=O) groups is 1. The van der Waals surface area contributed by atoms with Crippen molar-refractivity contribution in [3.8, 4) is 11.6 Å². The first kappa shape index (κ1) is 19.7. The van der Waals surface area contributed by atoms with Crippen molar-refractivity contribution in [1.29, 1.82) is 0 Å². The lowest BCUT2D eigenvalue weighted by atomic mass is 9.85. The van der Waals surface area contributed by atoms with Gasteiger partial charge in [-0.15, -0.1) is 0 Å². The highest BCUT2D eigenvalue weighted by Crippen LogP contribution is 2.43. The van der Waals surface area contributed by atoms with Crippen molar-refractivity contribution in [2.24, 2.45) is 0 Å². The van der Waals surface area contributed by atoms with E-state index in [1.54, 1.807) is 16.9 Å². The molecule has 160 valence electrons. The quantitative estimate of drug-likeness (QED) is 0.505. The molecule has 4 heterocycles. The number of nitrogens with one attached hydrogen (secondary N) is 2. The van der Waals surface area contributed by atoms with Crippen molar-refractivity contribution < 1.29 is 9.53 Å². The van der Waals surface area contributed by atoms with Crippen LogP contribution in [0.2, 0.25) is 0 Å². The first-order chi connectivity index (χ1) is 15.6. The van der Waals surface area contributed by atoms with Gasteiger partial charge in [-0.2, -0.15) is 14.9 Å². The normalized spacial score (nSPS) is 15.2. The number of anilines is 1. The minimum atomic E-state index is -0.313. The summed E-state index contributed by atoms with van der Waals surface area (Å²) < 4.78 is 7.64. The van der Waals surface area contributed by atoms with Crippen molar-refractivity contribution in [2.75, 3.05) is 5.32 Å². The zero-order valence-electron chi connectivity index (χ0n) is 17.3. The van der Waals surface area contributed by atoms with Crippen molar-refractivity contribution in [1.82, 2.24) is 25.0 Å². The molecule has 0 unspecified atom stereocenters. The maximum atomic E-state index is 12.7. The number of aromatic amines is 1. The van der Waals surface area contributed by atoms with E-state index in [0.29, 0.717) is 24.0 Å². The van der Waals surface area contributed by atoms with Crippen molar-refractivity contribution >= 4 is 11.7 Å². The lowest BCUT2D eigenvalue weighted by Crippen LogP contribution is -2.25. The highest BCUT2D eigenvalue weighted by Gasteiger charge is 2.34. The number of para-hydroxylation sites is 1. The molecule has 1 aromatic carbocycles. The summed E-state index contributed by atoms with van der Waals surface area (Å²) in [4.78, 5) is 28.4. The van der Waals surface area contributed by atoms with E-state index < -0.39 is 0 Å². The SMILES string of the molecule is Cc1nn(-c2ccc(=O)[nH]n2)c2c1[C@H](c1ccccc1OCc1ccccn1)CC(=O)N2.